The molecule has 1 unspecified atom stereocenters. The Kier molecular flexibility index (Phi) is 6.26. The highest BCUT2D eigenvalue weighted by Crippen LogP contribution is 2.26. The van der Waals surface area contributed by atoms with Gasteiger partial charge in [-0.2, -0.15) is 0 Å². The number of benzene rings is 2. The van der Waals surface area contributed by atoms with E-state index in [-0.39, 0.29) is 17.2 Å². The second-order valence-electron chi connectivity index (χ2n) is 7.68. The summed E-state index contributed by atoms with van der Waals surface area (Å²) >= 11 is 0. The van der Waals surface area contributed by atoms with E-state index in [1.165, 1.54) is 12.5 Å². The lowest BCUT2D eigenvalue weighted by molar-refractivity contribution is -0.122. The van der Waals surface area contributed by atoms with E-state index >= 15 is 0 Å². The average molecular weight is 368 g/mol. The molecule has 0 aliphatic rings. The predicted octanol–water partition coefficient (Wildman–Crippen LogP) is 4.66. The second-order valence-corrected chi connectivity index (χ2v) is 7.68. The fourth-order valence-corrected chi connectivity index (χ4v) is 2.62. The Morgan fingerprint density at radius 3 is 2.04 bits per heavy atom. The Morgan fingerprint density at radius 2 is 1.52 bits per heavy atom. The molecule has 0 radical (unpaired) electrons. The van der Waals surface area contributed by atoms with Crippen LogP contribution < -0.4 is 15.4 Å². The maximum Gasteiger partial charge on any atom is 0.265 e. The minimum atomic E-state index is -0.658. The van der Waals surface area contributed by atoms with E-state index in [1.54, 1.807) is 25.1 Å². The number of carbonyl (C=O) groups is 2. The van der Waals surface area contributed by atoms with E-state index < -0.39 is 6.10 Å². The largest absolute Gasteiger partial charge is 0.481 e. The molecule has 0 saturated heterocycles. The summed E-state index contributed by atoms with van der Waals surface area (Å²) in [7, 11) is 0. The molecule has 0 bridgehead atoms. The van der Waals surface area contributed by atoms with Gasteiger partial charge in [-0.1, -0.05) is 39.0 Å². The predicted molar refractivity (Wildman–Crippen MR) is 109 cm³/mol. The number of ether oxygens (including phenoxy) is 1. The van der Waals surface area contributed by atoms with Crippen LogP contribution in [0.25, 0.3) is 0 Å². The van der Waals surface area contributed by atoms with Crippen LogP contribution in [0.2, 0.25) is 0 Å². The highest BCUT2D eigenvalue weighted by molar-refractivity contribution is 5.97. The maximum absolute atomic E-state index is 12.5. The maximum atomic E-state index is 12.5. The Morgan fingerprint density at radius 1 is 0.963 bits per heavy atom. The summed E-state index contributed by atoms with van der Waals surface area (Å²) in [6.45, 7) is 11.5. The molecular weight excluding hydrogens is 340 g/mol. The van der Waals surface area contributed by atoms with Crippen LogP contribution in [0.3, 0.4) is 0 Å². The zero-order valence-electron chi connectivity index (χ0n) is 16.8. The number of rotatable bonds is 5. The van der Waals surface area contributed by atoms with Crippen molar-refractivity contribution in [3.8, 4) is 5.75 Å². The lowest BCUT2D eigenvalue weighted by Gasteiger charge is -2.20. The SMILES string of the molecule is CC(=O)Nc1cccc(NC(=O)C(C)Oc2ccc(C(C)(C)C)cc2)c1C. The van der Waals surface area contributed by atoms with E-state index in [0.29, 0.717) is 17.1 Å². The third kappa shape index (κ3) is 5.58. The molecule has 0 aliphatic carbocycles. The molecule has 5 heteroatoms. The van der Waals surface area contributed by atoms with Crippen molar-refractivity contribution in [3.63, 3.8) is 0 Å². The van der Waals surface area contributed by atoms with Crippen LogP contribution in [0, 0.1) is 6.92 Å². The highest BCUT2D eigenvalue weighted by Gasteiger charge is 2.18. The summed E-state index contributed by atoms with van der Waals surface area (Å²) in [6, 6.07) is 13.2. The van der Waals surface area contributed by atoms with Crippen LogP contribution in [0.15, 0.2) is 42.5 Å². The monoisotopic (exact) mass is 368 g/mol. The molecule has 0 saturated carbocycles. The summed E-state index contributed by atoms with van der Waals surface area (Å²) in [5.74, 6) is 0.240. The zero-order valence-corrected chi connectivity index (χ0v) is 16.8. The van der Waals surface area contributed by atoms with Crippen molar-refractivity contribution in [1.29, 1.82) is 0 Å². The minimum absolute atomic E-state index is 0.0674. The van der Waals surface area contributed by atoms with Crippen molar-refractivity contribution < 1.29 is 14.3 Å². The van der Waals surface area contributed by atoms with Gasteiger partial charge in [-0.3, -0.25) is 9.59 Å². The van der Waals surface area contributed by atoms with Gasteiger partial charge in [-0.25, -0.2) is 0 Å². The minimum Gasteiger partial charge on any atom is -0.481 e. The first kappa shape index (κ1) is 20.5. The molecule has 2 amide bonds. The number of hydrogen-bond acceptors (Lipinski definition) is 3. The van der Waals surface area contributed by atoms with Crippen LogP contribution in [0.1, 0.15) is 45.7 Å². The third-order valence-electron chi connectivity index (χ3n) is 4.30. The molecule has 0 aliphatic heterocycles. The van der Waals surface area contributed by atoms with Crippen LogP contribution in [-0.2, 0) is 15.0 Å². The normalized spacial score (nSPS) is 12.2. The van der Waals surface area contributed by atoms with Gasteiger partial charge in [0.1, 0.15) is 5.75 Å². The summed E-state index contributed by atoms with van der Waals surface area (Å²) in [5.41, 5.74) is 3.38. The van der Waals surface area contributed by atoms with Gasteiger partial charge in [0.15, 0.2) is 6.10 Å². The smallest absolute Gasteiger partial charge is 0.265 e. The lowest BCUT2D eigenvalue weighted by Crippen LogP contribution is -2.30. The Bertz CT molecular complexity index is 820. The molecular formula is C22H28N2O3. The lowest BCUT2D eigenvalue weighted by atomic mass is 9.87. The van der Waals surface area contributed by atoms with Gasteiger partial charge >= 0.3 is 0 Å². The molecule has 5 nitrogen and oxygen atoms in total. The first-order valence-electron chi connectivity index (χ1n) is 9.03. The van der Waals surface area contributed by atoms with Crippen molar-refractivity contribution in [2.24, 2.45) is 0 Å². The van der Waals surface area contributed by atoms with Crippen molar-refractivity contribution in [3.05, 3.63) is 53.6 Å². The van der Waals surface area contributed by atoms with Gasteiger partial charge in [0, 0.05) is 18.3 Å². The average Bonchev–Trinajstić information content (AvgIpc) is 2.57. The zero-order chi connectivity index (χ0) is 20.2. The molecule has 1 atom stereocenters. The Hall–Kier alpha value is -2.82. The Labute approximate surface area is 161 Å². The van der Waals surface area contributed by atoms with Gasteiger partial charge in [0.25, 0.3) is 5.91 Å². The first-order chi connectivity index (χ1) is 12.6. The van der Waals surface area contributed by atoms with Crippen molar-refractivity contribution in [2.75, 3.05) is 10.6 Å². The van der Waals surface area contributed by atoms with Crippen molar-refractivity contribution >= 4 is 23.2 Å². The van der Waals surface area contributed by atoms with Crippen molar-refractivity contribution in [2.45, 2.75) is 53.1 Å². The highest BCUT2D eigenvalue weighted by atomic mass is 16.5. The van der Waals surface area contributed by atoms with E-state index in [2.05, 4.69) is 31.4 Å². The first-order valence-corrected chi connectivity index (χ1v) is 9.03. The molecule has 144 valence electrons. The summed E-state index contributed by atoms with van der Waals surface area (Å²) in [4.78, 5) is 23.8. The number of hydrogen-bond donors (Lipinski definition) is 2. The molecule has 2 rings (SSSR count). The molecule has 2 aromatic carbocycles. The fourth-order valence-electron chi connectivity index (χ4n) is 2.62. The molecule has 2 aromatic rings. The summed E-state index contributed by atoms with van der Waals surface area (Å²) in [5, 5.41) is 5.62. The van der Waals surface area contributed by atoms with Gasteiger partial charge in [0.2, 0.25) is 5.91 Å². The van der Waals surface area contributed by atoms with Crippen LogP contribution >= 0.6 is 0 Å². The van der Waals surface area contributed by atoms with Crippen molar-refractivity contribution in [1.82, 2.24) is 0 Å². The van der Waals surface area contributed by atoms with Gasteiger partial charge in [-0.15, -0.1) is 0 Å². The van der Waals surface area contributed by atoms with Crippen LogP contribution in [0.4, 0.5) is 11.4 Å². The molecule has 27 heavy (non-hydrogen) atoms. The van der Waals surface area contributed by atoms with E-state index in [1.807, 2.05) is 31.2 Å². The number of carbonyl (C=O) groups excluding carboxylic acids is 2. The van der Waals surface area contributed by atoms with E-state index in [9.17, 15) is 9.59 Å². The fraction of sp³-hybridized carbons (Fsp3) is 0.364. The number of nitrogens with one attached hydrogen (secondary N) is 2. The molecule has 0 fully saturated rings. The summed E-state index contributed by atoms with van der Waals surface area (Å²) in [6.07, 6.45) is -0.658. The van der Waals surface area contributed by atoms with Crippen LogP contribution in [-0.4, -0.2) is 17.9 Å². The standard InChI is InChI=1S/C22H28N2O3/c1-14-19(23-16(3)25)8-7-9-20(14)24-21(26)15(2)27-18-12-10-17(11-13-18)22(4,5)6/h7-13,15H,1-6H3,(H,23,25)(H,24,26). The molecule has 0 spiro atoms. The van der Waals surface area contributed by atoms with Gasteiger partial charge < -0.3 is 15.4 Å². The number of anilines is 2. The van der Waals surface area contributed by atoms with Crippen LogP contribution in [0.5, 0.6) is 5.75 Å². The molecule has 0 aromatic heterocycles. The molecule has 2 N–H and O–H groups in total. The van der Waals surface area contributed by atoms with E-state index in [4.69, 9.17) is 4.74 Å². The quantitative estimate of drug-likeness (QED) is 0.807. The number of amides is 2. The summed E-state index contributed by atoms with van der Waals surface area (Å²) < 4.78 is 5.77. The topological polar surface area (TPSA) is 67.4 Å². The Balaban J connectivity index is 2.05. The molecule has 0 heterocycles. The third-order valence-corrected chi connectivity index (χ3v) is 4.30. The van der Waals surface area contributed by atoms with E-state index in [0.717, 1.165) is 5.56 Å². The van der Waals surface area contributed by atoms with Gasteiger partial charge in [-0.05, 0) is 54.7 Å². The second kappa shape index (κ2) is 8.25. The van der Waals surface area contributed by atoms with Gasteiger partial charge in [0.05, 0.1) is 0 Å².